The van der Waals surface area contributed by atoms with Gasteiger partial charge in [0.25, 0.3) is 0 Å². The Morgan fingerprint density at radius 1 is 1.39 bits per heavy atom. The highest BCUT2D eigenvalue weighted by molar-refractivity contribution is 7.85. The molecule has 23 heavy (non-hydrogen) atoms. The fourth-order valence-electron chi connectivity index (χ4n) is 2.20. The van der Waals surface area contributed by atoms with Gasteiger partial charge < -0.3 is 9.72 Å². The van der Waals surface area contributed by atoms with Gasteiger partial charge in [-0.05, 0) is 19.1 Å². The lowest BCUT2D eigenvalue weighted by Gasteiger charge is -2.11. The molecule has 0 saturated heterocycles. The Labute approximate surface area is 135 Å². The Kier molecular flexibility index (Phi) is 3.96. The van der Waals surface area contributed by atoms with E-state index < -0.39 is 10.8 Å². The maximum Gasteiger partial charge on any atom is 0.197 e. The number of fused-ring (bicyclic) bond motifs is 1. The molecule has 7 heteroatoms. The first kappa shape index (κ1) is 15.4. The summed E-state index contributed by atoms with van der Waals surface area (Å²) in [6, 6.07) is 5.36. The molecule has 1 aromatic heterocycles. The molecule has 1 atom stereocenters. The number of benzene rings is 1. The standard InChI is InChI=1S/C16H15N3O3S/c1-9-7-17-14(10(2)15(9)20)8-23(21)16-18-12-5-4-11(22-3)6-13(12)19-16/h4-7H,2,8H2,1,3H3,(H,18,19). The van der Waals surface area contributed by atoms with Crippen molar-refractivity contribution in [3.8, 4) is 5.75 Å². The van der Waals surface area contributed by atoms with Gasteiger partial charge in [0.15, 0.2) is 10.9 Å². The highest BCUT2D eigenvalue weighted by atomic mass is 32.2. The zero-order valence-electron chi connectivity index (χ0n) is 12.8. The number of nitrogens with one attached hydrogen (secondary N) is 1. The summed E-state index contributed by atoms with van der Waals surface area (Å²) < 4.78 is 17.7. The predicted octanol–water partition coefficient (Wildman–Crippen LogP) is 2.16. The van der Waals surface area contributed by atoms with E-state index in [1.165, 1.54) is 6.20 Å². The van der Waals surface area contributed by atoms with E-state index in [9.17, 15) is 9.00 Å². The topological polar surface area (TPSA) is 84.4 Å². The van der Waals surface area contributed by atoms with Crippen molar-refractivity contribution in [1.29, 1.82) is 0 Å². The molecule has 0 bridgehead atoms. The fourth-order valence-corrected chi connectivity index (χ4v) is 3.26. The van der Waals surface area contributed by atoms with Crippen LogP contribution in [0, 0.1) is 0 Å². The molecule has 0 saturated carbocycles. The monoisotopic (exact) mass is 329 g/mol. The summed E-state index contributed by atoms with van der Waals surface area (Å²) in [6.07, 6.45) is 1.48. The number of aromatic nitrogens is 2. The van der Waals surface area contributed by atoms with Crippen LogP contribution < -0.4 is 4.74 Å². The molecule has 0 spiro atoms. The van der Waals surface area contributed by atoms with Crippen LogP contribution in [0.3, 0.4) is 0 Å². The molecule has 118 valence electrons. The third-order valence-corrected chi connectivity index (χ3v) is 4.71. The summed E-state index contributed by atoms with van der Waals surface area (Å²) in [4.78, 5) is 23.4. The average molecular weight is 329 g/mol. The van der Waals surface area contributed by atoms with Crippen LogP contribution in [0.15, 0.2) is 52.3 Å². The van der Waals surface area contributed by atoms with Crippen LogP contribution in [-0.4, -0.2) is 38.5 Å². The van der Waals surface area contributed by atoms with E-state index in [4.69, 9.17) is 4.74 Å². The average Bonchev–Trinajstić information content (AvgIpc) is 2.98. The quantitative estimate of drug-likeness (QED) is 0.871. The molecule has 0 fully saturated rings. The van der Waals surface area contributed by atoms with E-state index in [1.54, 1.807) is 32.2 Å². The Balaban J connectivity index is 1.86. The summed E-state index contributed by atoms with van der Waals surface area (Å²) in [6.45, 7) is 5.41. The molecule has 2 aromatic rings. The van der Waals surface area contributed by atoms with Crippen molar-refractivity contribution in [3.63, 3.8) is 0 Å². The number of nitrogens with zero attached hydrogens (tertiary/aromatic N) is 2. The molecule has 1 unspecified atom stereocenters. The molecule has 1 N–H and O–H groups in total. The van der Waals surface area contributed by atoms with Gasteiger partial charge in [-0.3, -0.25) is 14.0 Å². The van der Waals surface area contributed by atoms with Crippen molar-refractivity contribution >= 4 is 33.3 Å². The molecule has 1 aromatic carbocycles. The predicted molar refractivity (Wildman–Crippen MR) is 89.3 cm³/mol. The molecule has 3 rings (SSSR count). The summed E-state index contributed by atoms with van der Waals surface area (Å²) in [5.41, 5.74) is 2.68. The number of hydrogen-bond donors (Lipinski definition) is 1. The highest BCUT2D eigenvalue weighted by Gasteiger charge is 2.22. The normalized spacial score (nSPS) is 16.3. The van der Waals surface area contributed by atoms with Crippen molar-refractivity contribution in [3.05, 3.63) is 42.1 Å². The number of carbonyl (C=O) groups excluding carboxylic acids is 1. The van der Waals surface area contributed by atoms with Crippen LogP contribution in [0.2, 0.25) is 0 Å². The molecule has 0 amide bonds. The number of ether oxygens (including phenoxy) is 1. The maximum absolute atomic E-state index is 12.5. The molecule has 1 aliphatic rings. The van der Waals surface area contributed by atoms with Crippen LogP contribution in [0.1, 0.15) is 6.92 Å². The van der Waals surface area contributed by atoms with E-state index in [0.717, 1.165) is 5.52 Å². The summed E-state index contributed by atoms with van der Waals surface area (Å²) in [5, 5.41) is 0.336. The van der Waals surface area contributed by atoms with E-state index in [1.807, 2.05) is 0 Å². The molecular weight excluding hydrogens is 314 g/mol. The van der Waals surface area contributed by atoms with Crippen molar-refractivity contribution in [2.45, 2.75) is 12.1 Å². The Hall–Kier alpha value is -2.54. The van der Waals surface area contributed by atoms with Gasteiger partial charge in [-0.25, -0.2) is 4.98 Å². The summed E-state index contributed by atoms with van der Waals surface area (Å²) in [5.74, 6) is 0.613. The number of rotatable bonds is 4. The number of hydrogen-bond acceptors (Lipinski definition) is 5. The Morgan fingerprint density at radius 2 is 2.17 bits per heavy atom. The Morgan fingerprint density at radius 3 is 2.91 bits per heavy atom. The summed E-state index contributed by atoms with van der Waals surface area (Å²) in [7, 11) is 0.130. The number of allylic oxidation sites excluding steroid dienone is 2. The number of H-pyrrole nitrogens is 1. The molecule has 0 aliphatic carbocycles. The largest absolute Gasteiger partial charge is 0.497 e. The second-order valence-corrected chi connectivity index (χ2v) is 6.48. The third kappa shape index (κ3) is 2.87. The van der Waals surface area contributed by atoms with Crippen LogP contribution in [0.4, 0.5) is 0 Å². The molecule has 2 heterocycles. The van der Waals surface area contributed by atoms with Crippen molar-refractivity contribution < 1.29 is 13.7 Å². The van der Waals surface area contributed by atoms with Crippen molar-refractivity contribution in [1.82, 2.24) is 9.97 Å². The van der Waals surface area contributed by atoms with E-state index in [0.29, 0.717) is 27.7 Å². The van der Waals surface area contributed by atoms with Gasteiger partial charge in [0.2, 0.25) is 0 Å². The summed E-state index contributed by atoms with van der Waals surface area (Å²) >= 11 is 0. The SMILES string of the molecule is C=C1C(=O)C(C)=CN=C1CS(=O)c1nc2ccc(OC)cc2[nH]1. The van der Waals surface area contributed by atoms with E-state index in [2.05, 4.69) is 21.5 Å². The first-order valence-electron chi connectivity index (χ1n) is 6.89. The number of Topliss-reactive ketones (excluding diaryl/α,β-unsaturated/α-hetero) is 1. The third-order valence-electron chi connectivity index (χ3n) is 3.55. The van der Waals surface area contributed by atoms with E-state index in [-0.39, 0.29) is 17.1 Å². The van der Waals surface area contributed by atoms with E-state index >= 15 is 0 Å². The first-order chi connectivity index (χ1) is 11.0. The molecule has 6 nitrogen and oxygen atoms in total. The van der Waals surface area contributed by atoms with Crippen LogP contribution in [0.25, 0.3) is 11.0 Å². The lowest BCUT2D eigenvalue weighted by Crippen LogP contribution is -2.22. The van der Waals surface area contributed by atoms with Gasteiger partial charge in [-0.2, -0.15) is 0 Å². The van der Waals surface area contributed by atoms with Gasteiger partial charge in [0.1, 0.15) is 5.75 Å². The Bertz CT molecular complexity index is 908. The lowest BCUT2D eigenvalue weighted by atomic mass is 10.0. The van der Waals surface area contributed by atoms with Gasteiger partial charge in [-0.1, -0.05) is 6.58 Å². The second-order valence-electron chi connectivity index (χ2n) is 5.11. The number of aliphatic imine (C=N–C) groups is 1. The number of ketones is 1. The van der Waals surface area contributed by atoms with Crippen molar-refractivity contribution in [2.75, 3.05) is 12.9 Å². The van der Waals surface area contributed by atoms with Crippen LogP contribution in [-0.2, 0) is 15.6 Å². The minimum absolute atomic E-state index is 0.0886. The number of methoxy groups -OCH3 is 1. The van der Waals surface area contributed by atoms with Gasteiger partial charge in [-0.15, -0.1) is 0 Å². The zero-order valence-corrected chi connectivity index (χ0v) is 13.6. The minimum atomic E-state index is -1.45. The molecule has 1 aliphatic heterocycles. The van der Waals surface area contributed by atoms with Gasteiger partial charge >= 0.3 is 0 Å². The maximum atomic E-state index is 12.5. The number of carbonyl (C=O) groups is 1. The van der Waals surface area contributed by atoms with Gasteiger partial charge in [0, 0.05) is 23.4 Å². The fraction of sp³-hybridized carbons (Fsp3) is 0.188. The van der Waals surface area contributed by atoms with Gasteiger partial charge in [0.05, 0.1) is 40.4 Å². The van der Waals surface area contributed by atoms with Crippen LogP contribution in [0.5, 0.6) is 5.75 Å². The minimum Gasteiger partial charge on any atom is -0.497 e. The van der Waals surface area contributed by atoms with Crippen LogP contribution >= 0.6 is 0 Å². The number of imidazole rings is 1. The van der Waals surface area contributed by atoms with Crippen molar-refractivity contribution in [2.24, 2.45) is 4.99 Å². The molecule has 0 radical (unpaired) electrons. The second kappa shape index (κ2) is 5.92. The first-order valence-corrected chi connectivity index (χ1v) is 8.21. The lowest BCUT2D eigenvalue weighted by molar-refractivity contribution is -0.111. The smallest absolute Gasteiger partial charge is 0.197 e. The number of aromatic amines is 1. The highest BCUT2D eigenvalue weighted by Crippen LogP contribution is 2.21. The zero-order chi connectivity index (χ0) is 16.6. The molecular formula is C16H15N3O3S.